The van der Waals surface area contributed by atoms with E-state index in [1.54, 1.807) is 7.05 Å². The smallest absolute Gasteiger partial charge is 0.332 e. The van der Waals surface area contributed by atoms with Crippen LogP contribution in [0.25, 0.3) is 0 Å². The molecule has 0 radical (unpaired) electrons. The predicted octanol–water partition coefficient (Wildman–Crippen LogP) is 1.43. The third kappa shape index (κ3) is 4.53. The number of hydrogen-bond donors (Lipinski definition) is 2. The van der Waals surface area contributed by atoms with Crippen molar-refractivity contribution in [3.63, 3.8) is 0 Å². The first-order chi connectivity index (χ1) is 9.45. The lowest BCUT2D eigenvalue weighted by molar-refractivity contribution is -0.385. The summed E-state index contributed by atoms with van der Waals surface area (Å²) in [4.78, 5) is 18.2. The van der Waals surface area contributed by atoms with E-state index in [9.17, 15) is 18.9 Å². The van der Waals surface area contributed by atoms with E-state index in [1.807, 2.05) is 0 Å². The Morgan fingerprint density at radius 2 is 2.15 bits per heavy atom. The summed E-state index contributed by atoms with van der Waals surface area (Å²) in [5.41, 5.74) is -0.0526. The number of hydrogen-bond acceptors (Lipinski definition) is 7. The van der Waals surface area contributed by atoms with Crippen molar-refractivity contribution >= 4 is 17.5 Å². The molecule has 0 amide bonds. The van der Waals surface area contributed by atoms with Crippen LogP contribution in [0.15, 0.2) is 0 Å². The number of ether oxygens (including phenoxy) is 1. The van der Waals surface area contributed by atoms with Gasteiger partial charge < -0.3 is 15.4 Å². The van der Waals surface area contributed by atoms with Crippen LogP contribution >= 0.6 is 0 Å². The van der Waals surface area contributed by atoms with Crippen molar-refractivity contribution in [3.8, 4) is 0 Å². The van der Waals surface area contributed by atoms with E-state index < -0.39 is 18.0 Å². The van der Waals surface area contributed by atoms with Crippen molar-refractivity contribution in [2.45, 2.75) is 13.3 Å². The van der Waals surface area contributed by atoms with Gasteiger partial charge >= 0.3 is 5.69 Å². The fraction of sp³-hybridized carbons (Fsp3) is 0.600. The topological polar surface area (TPSA) is 102 Å². The fourth-order valence-corrected chi connectivity index (χ4v) is 1.43. The van der Waals surface area contributed by atoms with Gasteiger partial charge in [0, 0.05) is 13.6 Å². The zero-order chi connectivity index (χ0) is 15.1. The van der Waals surface area contributed by atoms with Crippen LogP contribution in [-0.4, -0.2) is 48.1 Å². The van der Waals surface area contributed by atoms with Crippen LogP contribution in [-0.2, 0) is 4.74 Å². The maximum atomic E-state index is 11.8. The van der Waals surface area contributed by atoms with Crippen LogP contribution in [0.1, 0.15) is 5.69 Å². The third-order valence-corrected chi connectivity index (χ3v) is 2.25. The van der Waals surface area contributed by atoms with E-state index in [0.29, 0.717) is 0 Å². The van der Waals surface area contributed by atoms with Gasteiger partial charge in [-0.3, -0.25) is 10.1 Å². The van der Waals surface area contributed by atoms with E-state index in [0.717, 1.165) is 0 Å². The number of anilines is 2. The van der Waals surface area contributed by atoms with Crippen molar-refractivity contribution in [2.75, 3.05) is 37.4 Å². The van der Waals surface area contributed by atoms with Crippen molar-refractivity contribution in [3.05, 3.63) is 15.8 Å². The van der Waals surface area contributed by atoms with Crippen LogP contribution in [0.2, 0.25) is 0 Å². The van der Waals surface area contributed by atoms with Gasteiger partial charge in [-0.1, -0.05) is 0 Å². The number of aromatic nitrogens is 2. The minimum atomic E-state index is -2.54. The summed E-state index contributed by atoms with van der Waals surface area (Å²) in [6.07, 6.45) is -2.54. The minimum absolute atomic E-state index is 0.0145. The van der Waals surface area contributed by atoms with E-state index in [4.69, 9.17) is 0 Å². The average Bonchev–Trinajstić information content (AvgIpc) is 2.36. The highest BCUT2D eigenvalue weighted by atomic mass is 19.3. The molecule has 0 aliphatic carbocycles. The lowest BCUT2D eigenvalue weighted by Crippen LogP contribution is -2.16. The molecular formula is C10H15F2N5O3. The molecule has 112 valence electrons. The molecule has 0 saturated heterocycles. The molecule has 0 atom stereocenters. The molecule has 20 heavy (non-hydrogen) atoms. The Kier molecular flexibility index (Phi) is 5.97. The second kappa shape index (κ2) is 7.48. The highest BCUT2D eigenvalue weighted by Crippen LogP contribution is 2.26. The molecule has 0 aromatic carbocycles. The van der Waals surface area contributed by atoms with Gasteiger partial charge in [0.25, 0.3) is 6.43 Å². The van der Waals surface area contributed by atoms with Gasteiger partial charge in [0.1, 0.15) is 12.3 Å². The van der Waals surface area contributed by atoms with Gasteiger partial charge in [-0.2, -0.15) is 4.98 Å². The first-order valence-corrected chi connectivity index (χ1v) is 5.76. The Labute approximate surface area is 113 Å². The first kappa shape index (κ1) is 16.0. The van der Waals surface area contributed by atoms with Gasteiger partial charge in [-0.15, -0.1) is 0 Å². The highest BCUT2D eigenvalue weighted by molar-refractivity contribution is 5.60. The largest absolute Gasteiger partial charge is 0.374 e. The summed E-state index contributed by atoms with van der Waals surface area (Å²) in [5.74, 6) is 0.247. The molecule has 2 N–H and O–H groups in total. The summed E-state index contributed by atoms with van der Waals surface area (Å²) >= 11 is 0. The lowest BCUT2D eigenvalue weighted by Gasteiger charge is -2.09. The summed E-state index contributed by atoms with van der Waals surface area (Å²) in [7, 11) is 1.58. The van der Waals surface area contributed by atoms with Crippen LogP contribution in [0.3, 0.4) is 0 Å². The molecule has 1 aromatic rings. The SMILES string of the molecule is CNc1nc(C)c([N+](=O)[O-])c(NCCOCC(F)F)n1. The van der Waals surface area contributed by atoms with E-state index in [2.05, 4.69) is 25.3 Å². The highest BCUT2D eigenvalue weighted by Gasteiger charge is 2.21. The van der Waals surface area contributed by atoms with Crippen molar-refractivity contribution in [1.29, 1.82) is 0 Å². The molecular weight excluding hydrogens is 276 g/mol. The molecule has 10 heteroatoms. The Morgan fingerprint density at radius 3 is 2.70 bits per heavy atom. The molecule has 8 nitrogen and oxygen atoms in total. The van der Waals surface area contributed by atoms with Crippen molar-refractivity contribution in [2.24, 2.45) is 0 Å². The second-order valence-electron chi connectivity index (χ2n) is 3.73. The molecule has 0 aliphatic heterocycles. The maximum Gasteiger partial charge on any atom is 0.332 e. The normalized spacial score (nSPS) is 10.7. The summed E-state index contributed by atoms with van der Waals surface area (Å²) in [5, 5.41) is 16.3. The van der Waals surface area contributed by atoms with Crippen LogP contribution in [0, 0.1) is 17.0 Å². The van der Waals surface area contributed by atoms with Gasteiger partial charge in [0.05, 0.1) is 11.5 Å². The first-order valence-electron chi connectivity index (χ1n) is 5.76. The lowest BCUT2D eigenvalue weighted by atomic mass is 10.3. The van der Waals surface area contributed by atoms with Gasteiger partial charge in [-0.25, -0.2) is 13.8 Å². The maximum absolute atomic E-state index is 11.8. The van der Waals surface area contributed by atoms with Gasteiger partial charge in [0.2, 0.25) is 11.8 Å². The quantitative estimate of drug-likeness (QED) is 0.424. The zero-order valence-corrected chi connectivity index (χ0v) is 11.0. The molecule has 0 aliphatic rings. The van der Waals surface area contributed by atoms with Crippen LogP contribution < -0.4 is 10.6 Å². The van der Waals surface area contributed by atoms with Gasteiger partial charge in [-0.05, 0) is 6.92 Å². The molecule has 1 rings (SSSR count). The molecule has 1 heterocycles. The number of nitrogens with zero attached hydrogens (tertiary/aromatic N) is 3. The van der Waals surface area contributed by atoms with Crippen molar-refractivity contribution in [1.82, 2.24) is 9.97 Å². The Balaban J connectivity index is 2.72. The van der Waals surface area contributed by atoms with E-state index in [1.165, 1.54) is 6.92 Å². The number of nitro groups is 1. The molecule has 0 fully saturated rings. The monoisotopic (exact) mass is 291 g/mol. The summed E-state index contributed by atoms with van der Waals surface area (Å²) in [6, 6.07) is 0. The van der Waals surface area contributed by atoms with Gasteiger partial charge in [0.15, 0.2) is 0 Å². The predicted molar refractivity (Wildman–Crippen MR) is 68.3 cm³/mol. The number of aryl methyl sites for hydroxylation is 1. The molecule has 0 spiro atoms. The Hall–Kier alpha value is -2.10. The molecule has 0 unspecified atom stereocenters. The average molecular weight is 291 g/mol. The van der Waals surface area contributed by atoms with Crippen molar-refractivity contribution < 1.29 is 18.4 Å². The standard InChI is InChI=1S/C10H15F2N5O3/c1-6-8(17(18)19)9(16-10(13-2)15-6)14-3-4-20-5-7(11)12/h7H,3-5H2,1-2H3,(H2,13,14,15,16). The minimum Gasteiger partial charge on any atom is -0.374 e. The number of halogens is 2. The second-order valence-corrected chi connectivity index (χ2v) is 3.73. The summed E-state index contributed by atoms with van der Waals surface area (Å²) in [6.45, 7) is 0.917. The Bertz CT molecular complexity index is 472. The Morgan fingerprint density at radius 1 is 1.45 bits per heavy atom. The third-order valence-electron chi connectivity index (χ3n) is 2.25. The van der Waals surface area contributed by atoms with Crippen LogP contribution in [0.4, 0.5) is 26.2 Å². The van der Waals surface area contributed by atoms with E-state index >= 15 is 0 Å². The number of alkyl halides is 2. The number of rotatable bonds is 8. The summed E-state index contributed by atoms with van der Waals surface area (Å²) < 4.78 is 28.3. The fourth-order valence-electron chi connectivity index (χ4n) is 1.43. The molecule has 1 aromatic heterocycles. The molecule has 0 bridgehead atoms. The zero-order valence-electron chi connectivity index (χ0n) is 11.0. The molecule has 0 saturated carbocycles. The van der Waals surface area contributed by atoms with E-state index in [-0.39, 0.29) is 36.3 Å². The number of nitrogens with one attached hydrogen (secondary N) is 2. The van der Waals surface area contributed by atoms with Crippen LogP contribution in [0.5, 0.6) is 0 Å².